The fraction of sp³-hybridized carbons (Fsp3) is 0.588. The van der Waals surface area contributed by atoms with Gasteiger partial charge in [-0.25, -0.2) is 4.39 Å². The Morgan fingerprint density at radius 1 is 1.41 bits per heavy atom. The van der Waals surface area contributed by atoms with E-state index >= 15 is 0 Å². The number of benzene rings is 1. The van der Waals surface area contributed by atoms with Gasteiger partial charge < -0.3 is 10.2 Å². The number of carbonyl (C=O) groups excluding carboxylic acids is 1. The second-order valence-corrected chi connectivity index (χ2v) is 5.96. The summed E-state index contributed by atoms with van der Waals surface area (Å²) in [7, 11) is 1.74. The first-order valence-electron chi connectivity index (χ1n) is 8.04. The summed E-state index contributed by atoms with van der Waals surface area (Å²) in [4.78, 5) is 16.3. The zero-order chi connectivity index (χ0) is 15.9. The minimum absolute atomic E-state index is 0.0450. The van der Waals surface area contributed by atoms with Crippen LogP contribution in [-0.2, 0) is 11.3 Å². The van der Waals surface area contributed by atoms with E-state index in [1.165, 1.54) is 6.07 Å². The summed E-state index contributed by atoms with van der Waals surface area (Å²) in [6.45, 7) is 5.74. The van der Waals surface area contributed by atoms with Crippen LogP contribution in [0.15, 0.2) is 24.3 Å². The molecule has 0 spiro atoms. The minimum Gasteiger partial charge on any atom is -0.340 e. The summed E-state index contributed by atoms with van der Waals surface area (Å²) in [6.07, 6.45) is 2.12. The second-order valence-electron chi connectivity index (χ2n) is 5.96. The van der Waals surface area contributed by atoms with E-state index in [9.17, 15) is 9.18 Å². The fourth-order valence-corrected chi connectivity index (χ4v) is 2.89. The van der Waals surface area contributed by atoms with Crippen molar-refractivity contribution in [2.75, 3.05) is 33.2 Å². The topological polar surface area (TPSA) is 35.6 Å². The van der Waals surface area contributed by atoms with Crippen LogP contribution in [0, 0.1) is 5.82 Å². The van der Waals surface area contributed by atoms with Gasteiger partial charge in [0.25, 0.3) is 0 Å². The van der Waals surface area contributed by atoms with Crippen molar-refractivity contribution in [2.45, 2.75) is 32.4 Å². The number of hydrogen-bond acceptors (Lipinski definition) is 3. The number of likely N-dealkylation sites (N-methyl/N-ethyl adjacent to an activating group) is 1. The molecule has 1 fully saturated rings. The SMILES string of the molecule is CCCN(CC(=O)N(C)Cc1ccccc1F)C1CCNC1. The largest absolute Gasteiger partial charge is 0.340 e. The molecule has 1 unspecified atom stereocenters. The highest BCUT2D eigenvalue weighted by atomic mass is 19.1. The summed E-state index contributed by atoms with van der Waals surface area (Å²) in [5.74, 6) is -0.212. The maximum atomic E-state index is 13.7. The molecule has 0 aliphatic carbocycles. The minimum atomic E-state index is -0.257. The van der Waals surface area contributed by atoms with Gasteiger partial charge in [-0.1, -0.05) is 25.1 Å². The maximum Gasteiger partial charge on any atom is 0.236 e. The summed E-state index contributed by atoms with van der Waals surface area (Å²) >= 11 is 0. The van der Waals surface area contributed by atoms with Crippen LogP contribution in [-0.4, -0.2) is 55.0 Å². The van der Waals surface area contributed by atoms with Crippen molar-refractivity contribution in [1.29, 1.82) is 0 Å². The van der Waals surface area contributed by atoms with Crippen molar-refractivity contribution in [3.8, 4) is 0 Å². The number of halogens is 1. The Hall–Kier alpha value is -1.46. The Labute approximate surface area is 132 Å². The molecule has 0 saturated carbocycles. The van der Waals surface area contributed by atoms with Crippen LogP contribution in [0.2, 0.25) is 0 Å². The van der Waals surface area contributed by atoms with E-state index in [0.29, 0.717) is 24.7 Å². The van der Waals surface area contributed by atoms with Crippen LogP contribution in [0.4, 0.5) is 4.39 Å². The average molecular weight is 307 g/mol. The predicted octanol–water partition coefficient (Wildman–Crippen LogP) is 1.86. The number of hydrogen-bond donors (Lipinski definition) is 1. The standard InChI is InChI=1S/C17H26FN3O/c1-3-10-21(15-8-9-19-11-15)13-17(22)20(2)12-14-6-4-5-7-16(14)18/h4-7,15,19H,3,8-13H2,1-2H3. The predicted molar refractivity (Wildman–Crippen MR) is 86.0 cm³/mol. The van der Waals surface area contributed by atoms with E-state index in [-0.39, 0.29) is 11.7 Å². The molecule has 1 aromatic carbocycles. The molecule has 0 radical (unpaired) electrons. The van der Waals surface area contributed by atoms with Crippen molar-refractivity contribution >= 4 is 5.91 Å². The summed E-state index contributed by atoms with van der Waals surface area (Å²) in [6, 6.07) is 7.05. The van der Waals surface area contributed by atoms with Crippen LogP contribution in [0.25, 0.3) is 0 Å². The highest BCUT2D eigenvalue weighted by Crippen LogP contribution is 2.12. The van der Waals surface area contributed by atoms with E-state index in [1.54, 1.807) is 30.1 Å². The zero-order valence-corrected chi connectivity index (χ0v) is 13.5. The van der Waals surface area contributed by atoms with Crippen LogP contribution in [0.1, 0.15) is 25.3 Å². The molecular weight excluding hydrogens is 281 g/mol. The summed E-state index contributed by atoms with van der Waals surface area (Å²) in [5, 5.41) is 3.34. The molecule has 1 N–H and O–H groups in total. The molecule has 22 heavy (non-hydrogen) atoms. The van der Waals surface area contributed by atoms with Gasteiger partial charge in [-0.3, -0.25) is 9.69 Å². The van der Waals surface area contributed by atoms with Gasteiger partial charge in [0.1, 0.15) is 5.82 Å². The molecule has 5 heteroatoms. The fourth-order valence-electron chi connectivity index (χ4n) is 2.89. The molecular formula is C17H26FN3O. The Kier molecular flexibility index (Phi) is 6.34. The van der Waals surface area contributed by atoms with Gasteiger partial charge in [-0.15, -0.1) is 0 Å². The molecule has 1 amide bonds. The maximum absolute atomic E-state index is 13.7. The Morgan fingerprint density at radius 3 is 2.82 bits per heavy atom. The smallest absolute Gasteiger partial charge is 0.236 e. The molecule has 1 saturated heterocycles. The van der Waals surface area contributed by atoms with Gasteiger partial charge in [-0.2, -0.15) is 0 Å². The highest BCUT2D eigenvalue weighted by Gasteiger charge is 2.24. The van der Waals surface area contributed by atoms with E-state index in [4.69, 9.17) is 0 Å². The number of rotatable bonds is 7. The van der Waals surface area contributed by atoms with Crippen LogP contribution in [0.3, 0.4) is 0 Å². The summed E-state index contributed by atoms with van der Waals surface area (Å²) < 4.78 is 13.7. The lowest BCUT2D eigenvalue weighted by atomic mass is 10.2. The van der Waals surface area contributed by atoms with Gasteiger partial charge in [0.15, 0.2) is 0 Å². The molecule has 4 nitrogen and oxygen atoms in total. The van der Waals surface area contributed by atoms with Gasteiger partial charge in [0.2, 0.25) is 5.91 Å². The third-order valence-electron chi connectivity index (χ3n) is 4.19. The monoisotopic (exact) mass is 307 g/mol. The third-order valence-corrected chi connectivity index (χ3v) is 4.19. The van der Waals surface area contributed by atoms with Crippen LogP contribution in [0.5, 0.6) is 0 Å². The number of amides is 1. The highest BCUT2D eigenvalue weighted by molar-refractivity contribution is 5.78. The lowest BCUT2D eigenvalue weighted by Gasteiger charge is -2.29. The lowest BCUT2D eigenvalue weighted by molar-refractivity contribution is -0.132. The molecule has 0 aromatic heterocycles. The molecule has 1 aliphatic rings. The van der Waals surface area contributed by atoms with Gasteiger partial charge in [-0.05, 0) is 32.0 Å². The van der Waals surface area contributed by atoms with Crippen LogP contribution >= 0.6 is 0 Å². The first-order valence-corrected chi connectivity index (χ1v) is 8.04. The Bertz CT molecular complexity index is 489. The van der Waals surface area contributed by atoms with Crippen molar-refractivity contribution in [2.24, 2.45) is 0 Å². The Balaban J connectivity index is 1.92. The molecule has 1 atom stereocenters. The van der Waals surface area contributed by atoms with Gasteiger partial charge in [0.05, 0.1) is 6.54 Å². The van der Waals surface area contributed by atoms with Crippen molar-refractivity contribution in [1.82, 2.24) is 15.1 Å². The van der Waals surface area contributed by atoms with E-state index < -0.39 is 0 Å². The number of carbonyl (C=O) groups is 1. The third kappa shape index (κ3) is 4.52. The number of nitrogens with one attached hydrogen (secondary N) is 1. The quantitative estimate of drug-likeness (QED) is 0.835. The van der Waals surface area contributed by atoms with E-state index in [0.717, 1.165) is 32.5 Å². The first-order chi connectivity index (χ1) is 10.6. The number of nitrogens with zero attached hydrogens (tertiary/aromatic N) is 2. The van der Waals surface area contributed by atoms with Crippen molar-refractivity contribution in [3.63, 3.8) is 0 Å². The van der Waals surface area contributed by atoms with Crippen molar-refractivity contribution < 1.29 is 9.18 Å². The zero-order valence-electron chi connectivity index (χ0n) is 13.5. The molecule has 1 aliphatic heterocycles. The van der Waals surface area contributed by atoms with Gasteiger partial charge in [0, 0.05) is 31.7 Å². The molecule has 122 valence electrons. The van der Waals surface area contributed by atoms with Crippen molar-refractivity contribution in [3.05, 3.63) is 35.6 Å². The van der Waals surface area contributed by atoms with E-state index in [1.807, 2.05) is 0 Å². The average Bonchev–Trinajstić information content (AvgIpc) is 3.03. The molecule has 0 bridgehead atoms. The second kappa shape index (κ2) is 8.25. The first kappa shape index (κ1) is 16.9. The Morgan fingerprint density at radius 2 is 2.18 bits per heavy atom. The summed E-state index contributed by atoms with van der Waals surface area (Å²) in [5.41, 5.74) is 0.558. The van der Waals surface area contributed by atoms with Crippen LogP contribution < -0.4 is 5.32 Å². The van der Waals surface area contributed by atoms with Gasteiger partial charge >= 0.3 is 0 Å². The normalized spacial score (nSPS) is 17.9. The van der Waals surface area contributed by atoms with E-state index in [2.05, 4.69) is 17.1 Å². The molecule has 2 rings (SSSR count). The lowest BCUT2D eigenvalue weighted by Crippen LogP contribution is -2.44. The molecule has 1 aromatic rings. The molecule has 1 heterocycles.